The van der Waals surface area contributed by atoms with Gasteiger partial charge in [0.15, 0.2) is 11.5 Å². The smallest absolute Gasteiger partial charge is 0.426 e. The summed E-state index contributed by atoms with van der Waals surface area (Å²) >= 11 is 0. The van der Waals surface area contributed by atoms with Crippen LogP contribution in [0.2, 0.25) is 0 Å². The number of hydrogen-bond acceptors (Lipinski definition) is 4. The molecule has 14 heavy (non-hydrogen) atoms. The molecule has 0 radical (unpaired) electrons. The van der Waals surface area contributed by atoms with Crippen LogP contribution in [0, 0.1) is 0 Å². The summed E-state index contributed by atoms with van der Waals surface area (Å²) in [5.41, 5.74) is 3.89. The van der Waals surface area contributed by atoms with Crippen molar-refractivity contribution in [1.29, 1.82) is 0 Å². The lowest BCUT2D eigenvalue weighted by atomic mass is 10.3. The van der Waals surface area contributed by atoms with Crippen LogP contribution in [0.25, 0.3) is 0 Å². The lowest BCUT2D eigenvalue weighted by molar-refractivity contribution is -0.142. The Hall–Kier alpha value is -1.24. The van der Waals surface area contributed by atoms with E-state index in [1.807, 2.05) is 0 Å². The van der Waals surface area contributed by atoms with Crippen LogP contribution in [-0.4, -0.2) is 11.6 Å². The van der Waals surface area contributed by atoms with E-state index in [4.69, 9.17) is 10.5 Å². The standard InChI is InChI=1S/C7H9F3N2O2/c1-2-13-3-4-5(7(8,9)10)12-6(11)14-4/h2-3H2,1H3,(H2,11,12). The van der Waals surface area contributed by atoms with E-state index in [1.54, 1.807) is 6.92 Å². The molecule has 0 aromatic carbocycles. The van der Waals surface area contributed by atoms with Crippen LogP contribution >= 0.6 is 0 Å². The van der Waals surface area contributed by atoms with Crippen molar-refractivity contribution in [2.75, 3.05) is 12.3 Å². The number of nitrogens with zero attached hydrogens (tertiary/aromatic N) is 1. The minimum Gasteiger partial charge on any atom is -0.426 e. The maximum Gasteiger partial charge on any atom is 0.437 e. The van der Waals surface area contributed by atoms with E-state index >= 15 is 0 Å². The Bertz CT molecular complexity index is 308. The summed E-state index contributed by atoms with van der Waals surface area (Å²) < 4.78 is 46.1. The van der Waals surface area contributed by atoms with Gasteiger partial charge in [-0.05, 0) is 6.92 Å². The third-order valence-electron chi connectivity index (χ3n) is 1.42. The van der Waals surface area contributed by atoms with Crippen molar-refractivity contribution < 1.29 is 22.3 Å². The summed E-state index contributed by atoms with van der Waals surface area (Å²) in [4.78, 5) is 3.04. The lowest BCUT2D eigenvalue weighted by Crippen LogP contribution is -2.09. The molecule has 2 N–H and O–H groups in total. The molecule has 1 heterocycles. The predicted octanol–water partition coefficient (Wildman–Crippen LogP) is 1.81. The van der Waals surface area contributed by atoms with E-state index in [-0.39, 0.29) is 13.2 Å². The highest BCUT2D eigenvalue weighted by Crippen LogP contribution is 2.32. The highest BCUT2D eigenvalue weighted by Gasteiger charge is 2.38. The molecule has 1 aromatic rings. The van der Waals surface area contributed by atoms with Crippen LogP contribution in [0.15, 0.2) is 4.42 Å². The molecule has 0 aliphatic rings. The summed E-state index contributed by atoms with van der Waals surface area (Å²) in [6.07, 6.45) is -4.56. The van der Waals surface area contributed by atoms with Gasteiger partial charge in [-0.3, -0.25) is 0 Å². The average Bonchev–Trinajstić information content (AvgIpc) is 2.42. The topological polar surface area (TPSA) is 61.3 Å². The van der Waals surface area contributed by atoms with Crippen LogP contribution in [0.4, 0.5) is 19.2 Å². The van der Waals surface area contributed by atoms with Crippen molar-refractivity contribution >= 4 is 6.01 Å². The molecule has 0 spiro atoms. The van der Waals surface area contributed by atoms with Crippen molar-refractivity contribution in [1.82, 2.24) is 4.98 Å². The Morgan fingerprint density at radius 2 is 2.14 bits per heavy atom. The van der Waals surface area contributed by atoms with Gasteiger partial charge in [-0.2, -0.15) is 18.2 Å². The van der Waals surface area contributed by atoms with Gasteiger partial charge in [0.1, 0.15) is 6.61 Å². The van der Waals surface area contributed by atoms with Crippen molar-refractivity contribution in [3.8, 4) is 0 Å². The summed E-state index contributed by atoms with van der Waals surface area (Å²) in [6, 6.07) is -0.507. The zero-order valence-corrected chi connectivity index (χ0v) is 7.39. The number of alkyl halides is 3. The lowest BCUT2D eigenvalue weighted by Gasteiger charge is -2.03. The molecule has 0 bridgehead atoms. The first kappa shape index (κ1) is 10.8. The fourth-order valence-electron chi connectivity index (χ4n) is 0.884. The van der Waals surface area contributed by atoms with Crippen molar-refractivity contribution in [3.63, 3.8) is 0 Å². The van der Waals surface area contributed by atoms with Crippen LogP contribution in [0.5, 0.6) is 0 Å². The molecular formula is C7H9F3N2O2. The number of ether oxygens (including phenoxy) is 1. The largest absolute Gasteiger partial charge is 0.437 e. The van der Waals surface area contributed by atoms with Gasteiger partial charge in [-0.1, -0.05) is 0 Å². The van der Waals surface area contributed by atoms with Crippen molar-refractivity contribution in [2.45, 2.75) is 19.7 Å². The number of halogens is 3. The molecule has 7 heteroatoms. The Morgan fingerprint density at radius 1 is 1.50 bits per heavy atom. The van der Waals surface area contributed by atoms with Crippen LogP contribution in [0.3, 0.4) is 0 Å². The fraction of sp³-hybridized carbons (Fsp3) is 0.571. The van der Waals surface area contributed by atoms with E-state index in [1.165, 1.54) is 0 Å². The SMILES string of the molecule is CCOCc1oc(N)nc1C(F)(F)F. The number of aromatic nitrogens is 1. The molecule has 0 aliphatic heterocycles. The number of nitrogen functional groups attached to an aromatic ring is 1. The highest BCUT2D eigenvalue weighted by molar-refractivity contribution is 5.21. The van der Waals surface area contributed by atoms with Gasteiger partial charge in [0, 0.05) is 6.61 Å². The molecule has 0 fully saturated rings. The molecule has 4 nitrogen and oxygen atoms in total. The number of nitrogens with two attached hydrogens (primary N) is 1. The minimum atomic E-state index is -4.56. The molecule has 0 unspecified atom stereocenters. The van der Waals surface area contributed by atoms with Crippen LogP contribution < -0.4 is 5.73 Å². The van der Waals surface area contributed by atoms with E-state index in [0.717, 1.165) is 0 Å². The molecule has 0 saturated carbocycles. The third-order valence-corrected chi connectivity index (χ3v) is 1.42. The predicted molar refractivity (Wildman–Crippen MR) is 41.2 cm³/mol. The second-order valence-electron chi connectivity index (χ2n) is 2.46. The zero-order valence-electron chi connectivity index (χ0n) is 7.39. The van der Waals surface area contributed by atoms with E-state index in [0.29, 0.717) is 0 Å². The molecular weight excluding hydrogens is 201 g/mol. The number of oxazole rings is 1. The molecule has 1 aromatic heterocycles. The Balaban J connectivity index is 2.91. The Kier molecular flexibility index (Phi) is 3.00. The van der Waals surface area contributed by atoms with Gasteiger partial charge in [-0.15, -0.1) is 0 Å². The monoisotopic (exact) mass is 210 g/mol. The molecule has 1 rings (SSSR count). The summed E-state index contributed by atoms with van der Waals surface area (Å²) in [5.74, 6) is -0.392. The Labute approximate surface area is 77.9 Å². The van der Waals surface area contributed by atoms with Gasteiger partial charge in [-0.25, -0.2) is 0 Å². The number of anilines is 1. The third kappa shape index (κ3) is 2.38. The Morgan fingerprint density at radius 3 is 2.64 bits per heavy atom. The second kappa shape index (κ2) is 3.87. The quantitative estimate of drug-likeness (QED) is 0.826. The van der Waals surface area contributed by atoms with Crippen molar-refractivity contribution in [3.05, 3.63) is 11.5 Å². The number of rotatable bonds is 3. The highest BCUT2D eigenvalue weighted by atomic mass is 19.4. The van der Waals surface area contributed by atoms with Gasteiger partial charge in [0.2, 0.25) is 0 Å². The zero-order chi connectivity index (χ0) is 10.8. The number of hydrogen-bond donors (Lipinski definition) is 1. The van der Waals surface area contributed by atoms with Gasteiger partial charge in [0.05, 0.1) is 0 Å². The first-order valence-electron chi connectivity index (χ1n) is 3.85. The minimum absolute atomic E-state index is 0.282. The van der Waals surface area contributed by atoms with Crippen molar-refractivity contribution in [2.24, 2.45) is 0 Å². The summed E-state index contributed by atoms with van der Waals surface area (Å²) in [6.45, 7) is 1.67. The normalized spacial score (nSPS) is 12.0. The molecule has 80 valence electrons. The summed E-state index contributed by atoms with van der Waals surface area (Å²) in [7, 11) is 0. The molecule has 0 atom stereocenters. The first-order chi connectivity index (χ1) is 6.45. The average molecular weight is 210 g/mol. The molecule has 0 saturated heterocycles. The van der Waals surface area contributed by atoms with Crippen LogP contribution in [-0.2, 0) is 17.5 Å². The maximum atomic E-state index is 12.3. The fourth-order valence-corrected chi connectivity index (χ4v) is 0.884. The summed E-state index contributed by atoms with van der Waals surface area (Å²) in [5, 5.41) is 0. The first-order valence-corrected chi connectivity index (χ1v) is 3.85. The van der Waals surface area contributed by atoms with E-state index < -0.39 is 23.6 Å². The molecule has 0 amide bonds. The van der Waals surface area contributed by atoms with Gasteiger partial charge in [0.25, 0.3) is 6.01 Å². The maximum absolute atomic E-state index is 12.3. The van der Waals surface area contributed by atoms with Crippen LogP contribution in [0.1, 0.15) is 18.4 Å². The van der Waals surface area contributed by atoms with E-state index in [9.17, 15) is 13.2 Å². The van der Waals surface area contributed by atoms with Gasteiger partial charge >= 0.3 is 6.18 Å². The van der Waals surface area contributed by atoms with Gasteiger partial charge < -0.3 is 14.9 Å². The van der Waals surface area contributed by atoms with E-state index in [2.05, 4.69) is 9.40 Å². The molecule has 0 aliphatic carbocycles. The second-order valence-corrected chi connectivity index (χ2v) is 2.46.